The second-order valence-corrected chi connectivity index (χ2v) is 10.4. The van der Waals surface area contributed by atoms with Crippen LogP contribution in [0.5, 0.6) is 0 Å². The van der Waals surface area contributed by atoms with Crippen LogP contribution in [0.25, 0.3) is 0 Å². The van der Waals surface area contributed by atoms with E-state index in [1.165, 1.54) is 36.0 Å². The number of ketones is 1. The van der Waals surface area contributed by atoms with Crippen LogP contribution in [0.2, 0.25) is 0 Å². The number of carbonyl (C=O) groups excluding carboxylic acids is 1. The topological polar surface area (TPSA) is 37.3 Å². The van der Waals surface area contributed by atoms with Gasteiger partial charge in [-0.05, 0) is 92.4 Å². The lowest BCUT2D eigenvalue weighted by molar-refractivity contribution is -0.112. The number of aliphatic hydroxyl groups is 1. The van der Waals surface area contributed by atoms with Gasteiger partial charge < -0.3 is 5.11 Å². The summed E-state index contributed by atoms with van der Waals surface area (Å²) in [6.07, 6.45) is 14.0. The SMILES string of the molecule is CC(C)C(C)/C=C/C(C)C1CCC2=C3C(=O)C=C4CC(O)CCC4C3CCC21. The normalized spacial score (nSPS) is 37.6. The fourth-order valence-electron chi connectivity index (χ4n) is 6.47. The van der Waals surface area contributed by atoms with E-state index in [1.807, 2.05) is 6.08 Å². The largest absolute Gasteiger partial charge is 0.393 e. The Morgan fingerprint density at radius 2 is 1.68 bits per heavy atom. The van der Waals surface area contributed by atoms with Crippen LogP contribution in [0, 0.1) is 41.4 Å². The van der Waals surface area contributed by atoms with Crippen LogP contribution >= 0.6 is 0 Å². The van der Waals surface area contributed by atoms with Crippen molar-refractivity contribution in [3.63, 3.8) is 0 Å². The summed E-state index contributed by atoms with van der Waals surface area (Å²) in [7, 11) is 0. The molecule has 1 N–H and O–H groups in total. The summed E-state index contributed by atoms with van der Waals surface area (Å²) in [5.41, 5.74) is 3.96. The molecule has 2 saturated carbocycles. The van der Waals surface area contributed by atoms with Gasteiger partial charge in [0.2, 0.25) is 0 Å². The molecule has 0 aromatic heterocycles. The zero-order valence-electron chi connectivity index (χ0n) is 18.2. The maximum absolute atomic E-state index is 13.1. The maximum atomic E-state index is 13.1. The lowest BCUT2D eigenvalue weighted by atomic mass is 9.61. The van der Waals surface area contributed by atoms with Gasteiger partial charge in [0.05, 0.1) is 6.10 Å². The van der Waals surface area contributed by atoms with E-state index >= 15 is 0 Å². The van der Waals surface area contributed by atoms with Gasteiger partial charge in [0.15, 0.2) is 5.78 Å². The lowest BCUT2D eigenvalue weighted by Crippen LogP contribution is -2.37. The third-order valence-electron chi connectivity index (χ3n) is 8.49. The standard InChI is InChI=1S/C26H38O2/c1-15(2)16(3)5-6-17(4)20-9-11-24-22(20)10-12-23-21-8-7-19(27)13-18(21)14-25(28)26(23)24/h5-6,14-17,19-23,27H,7-13H2,1-4H3/b6-5+. The second kappa shape index (κ2) is 7.94. The summed E-state index contributed by atoms with van der Waals surface area (Å²) >= 11 is 0. The van der Waals surface area contributed by atoms with E-state index in [0.29, 0.717) is 41.4 Å². The van der Waals surface area contributed by atoms with Gasteiger partial charge in [-0.1, -0.05) is 51.0 Å². The zero-order valence-corrected chi connectivity index (χ0v) is 18.2. The molecule has 0 aliphatic heterocycles. The van der Waals surface area contributed by atoms with Crippen molar-refractivity contribution in [2.24, 2.45) is 41.4 Å². The monoisotopic (exact) mass is 382 g/mol. The molecule has 2 nitrogen and oxygen atoms in total. The smallest absolute Gasteiger partial charge is 0.182 e. The summed E-state index contributed by atoms with van der Waals surface area (Å²) in [6.45, 7) is 9.28. The molecule has 0 spiro atoms. The molecule has 2 fully saturated rings. The first-order valence-corrected chi connectivity index (χ1v) is 11.7. The van der Waals surface area contributed by atoms with Crippen molar-refractivity contribution in [3.8, 4) is 0 Å². The van der Waals surface area contributed by atoms with Crippen molar-refractivity contribution >= 4 is 5.78 Å². The highest BCUT2D eigenvalue weighted by molar-refractivity contribution is 6.06. The van der Waals surface area contributed by atoms with Gasteiger partial charge in [0.25, 0.3) is 0 Å². The van der Waals surface area contributed by atoms with Crippen LogP contribution in [0.1, 0.15) is 72.6 Å². The minimum absolute atomic E-state index is 0.238. The highest BCUT2D eigenvalue weighted by Crippen LogP contribution is 2.55. The molecule has 0 aromatic rings. The second-order valence-electron chi connectivity index (χ2n) is 10.4. The Balaban J connectivity index is 1.56. The molecule has 4 aliphatic rings. The fourth-order valence-corrected chi connectivity index (χ4v) is 6.47. The Hall–Kier alpha value is -1.15. The molecular weight excluding hydrogens is 344 g/mol. The molecular formula is C26H38O2. The zero-order chi connectivity index (χ0) is 20.0. The molecule has 0 radical (unpaired) electrons. The van der Waals surface area contributed by atoms with Gasteiger partial charge in [0.1, 0.15) is 0 Å². The van der Waals surface area contributed by atoms with Crippen molar-refractivity contribution < 1.29 is 9.90 Å². The van der Waals surface area contributed by atoms with Gasteiger partial charge in [-0.15, -0.1) is 0 Å². The van der Waals surface area contributed by atoms with Gasteiger partial charge in [-0.3, -0.25) is 4.79 Å². The fraction of sp³-hybridized carbons (Fsp3) is 0.731. The third-order valence-corrected chi connectivity index (χ3v) is 8.49. The molecule has 4 rings (SSSR count). The average molecular weight is 383 g/mol. The minimum Gasteiger partial charge on any atom is -0.393 e. The highest BCUT2D eigenvalue weighted by atomic mass is 16.3. The van der Waals surface area contributed by atoms with E-state index in [1.54, 1.807) is 0 Å². The van der Waals surface area contributed by atoms with Crippen LogP contribution in [0.15, 0.2) is 34.9 Å². The molecule has 28 heavy (non-hydrogen) atoms. The molecule has 0 aromatic carbocycles. The van der Waals surface area contributed by atoms with Gasteiger partial charge in [-0.25, -0.2) is 0 Å². The maximum Gasteiger partial charge on any atom is 0.182 e. The van der Waals surface area contributed by atoms with Crippen LogP contribution in [-0.2, 0) is 4.79 Å². The highest BCUT2D eigenvalue weighted by Gasteiger charge is 2.46. The summed E-state index contributed by atoms with van der Waals surface area (Å²) in [4.78, 5) is 13.1. The Labute approximate surface area is 171 Å². The average Bonchev–Trinajstić information content (AvgIpc) is 3.09. The number of allylic oxidation sites excluding steroid dienone is 5. The van der Waals surface area contributed by atoms with Crippen molar-refractivity contribution in [2.75, 3.05) is 0 Å². The molecule has 4 aliphatic carbocycles. The Morgan fingerprint density at radius 1 is 0.964 bits per heavy atom. The van der Waals surface area contributed by atoms with Gasteiger partial charge in [-0.2, -0.15) is 0 Å². The van der Waals surface area contributed by atoms with Gasteiger partial charge >= 0.3 is 0 Å². The number of hydrogen-bond donors (Lipinski definition) is 1. The van der Waals surface area contributed by atoms with Crippen molar-refractivity contribution in [2.45, 2.75) is 78.7 Å². The summed E-state index contributed by atoms with van der Waals surface area (Å²) in [5.74, 6) is 4.47. The first kappa shape index (κ1) is 20.1. The van der Waals surface area contributed by atoms with E-state index in [-0.39, 0.29) is 11.9 Å². The summed E-state index contributed by atoms with van der Waals surface area (Å²) in [6, 6.07) is 0. The Kier molecular flexibility index (Phi) is 5.71. The van der Waals surface area contributed by atoms with Crippen molar-refractivity contribution in [3.05, 3.63) is 34.9 Å². The van der Waals surface area contributed by atoms with Crippen LogP contribution in [0.3, 0.4) is 0 Å². The van der Waals surface area contributed by atoms with E-state index in [9.17, 15) is 9.90 Å². The summed E-state index contributed by atoms with van der Waals surface area (Å²) < 4.78 is 0. The predicted octanol–water partition coefficient (Wildman–Crippen LogP) is 5.87. The minimum atomic E-state index is -0.238. The van der Waals surface area contributed by atoms with Crippen LogP contribution in [-0.4, -0.2) is 17.0 Å². The number of carbonyl (C=O) groups is 1. The molecule has 7 atom stereocenters. The van der Waals surface area contributed by atoms with E-state index in [4.69, 9.17) is 0 Å². The van der Waals surface area contributed by atoms with E-state index in [0.717, 1.165) is 25.7 Å². The van der Waals surface area contributed by atoms with Crippen LogP contribution < -0.4 is 0 Å². The molecule has 0 bridgehead atoms. The Morgan fingerprint density at radius 3 is 2.43 bits per heavy atom. The lowest BCUT2D eigenvalue weighted by Gasteiger charge is -2.43. The van der Waals surface area contributed by atoms with Crippen molar-refractivity contribution in [1.82, 2.24) is 0 Å². The molecule has 0 saturated heterocycles. The predicted molar refractivity (Wildman–Crippen MR) is 115 cm³/mol. The van der Waals surface area contributed by atoms with E-state index in [2.05, 4.69) is 39.8 Å². The van der Waals surface area contributed by atoms with Gasteiger partial charge in [0, 0.05) is 5.57 Å². The molecule has 7 unspecified atom stereocenters. The van der Waals surface area contributed by atoms with Crippen molar-refractivity contribution in [1.29, 1.82) is 0 Å². The number of aliphatic hydroxyl groups excluding tert-OH is 1. The Bertz CT molecular complexity index is 710. The third kappa shape index (κ3) is 3.58. The molecule has 154 valence electrons. The first-order chi connectivity index (χ1) is 13.4. The number of hydrogen-bond acceptors (Lipinski definition) is 2. The molecule has 0 amide bonds. The number of fused-ring (bicyclic) bond motifs is 4. The number of rotatable bonds is 4. The van der Waals surface area contributed by atoms with E-state index < -0.39 is 0 Å². The molecule has 2 heteroatoms. The first-order valence-electron chi connectivity index (χ1n) is 11.7. The summed E-state index contributed by atoms with van der Waals surface area (Å²) in [5, 5.41) is 10.0. The quantitative estimate of drug-likeness (QED) is 0.617. The van der Waals surface area contributed by atoms with Crippen LogP contribution in [0.4, 0.5) is 0 Å². The molecule has 0 heterocycles.